The number of hydrogen-bond acceptors (Lipinski definition) is 4. The molecule has 1 saturated heterocycles. The van der Waals surface area contributed by atoms with Gasteiger partial charge in [0.15, 0.2) is 0 Å². The Labute approximate surface area is 192 Å². The van der Waals surface area contributed by atoms with Crippen molar-refractivity contribution in [3.8, 4) is 17.0 Å². The predicted octanol–water partition coefficient (Wildman–Crippen LogP) is 3.27. The number of nitrogens with zero attached hydrogens (tertiary/aromatic N) is 1. The first-order chi connectivity index (χ1) is 15.9. The average Bonchev–Trinajstić information content (AvgIpc) is 3.10. The summed E-state index contributed by atoms with van der Waals surface area (Å²) in [5.74, 6) is 0.330. The number of ether oxygens (including phenoxy) is 2. The molecule has 1 aromatic heterocycles. The van der Waals surface area contributed by atoms with E-state index in [-0.39, 0.29) is 11.9 Å². The SMILES string of the molecule is COc1ccc2c(c1)CC(C)(C(=O)NC1CCOCC1)Cn1c-2cc2ccc(C(N)=O)cc21. The van der Waals surface area contributed by atoms with Gasteiger partial charge in [0.05, 0.1) is 12.5 Å². The monoisotopic (exact) mass is 447 g/mol. The molecule has 2 aliphatic rings. The molecule has 1 unspecified atom stereocenters. The van der Waals surface area contributed by atoms with Crippen LogP contribution in [0.5, 0.6) is 5.75 Å². The summed E-state index contributed by atoms with van der Waals surface area (Å²) in [4.78, 5) is 25.5. The highest BCUT2D eigenvalue weighted by Crippen LogP contribution is 2.41. The zero-order valence-corrected chi connectivity index (χ0v) is 19.0. The number of amides is 2. The molecule has 0 saturated carbocycles. The zero-order chi connectivity index (χ0) is 23.2. The van der Waals surface area contributed by atoms with Gasteiger partial charge in [0.25, 0.3) is 0 Å². The Bertz CT molecular complexity index is 1240. The molecule has 2 aliphatic heterocycles. The first kappa shape index (κ1) is 21.5. The number of benzene rings is 2. The van der Waals surface area contributed by atoms with Crippen LogP contribution >= 0.6 is 0 Å². The molecule has 1 atom stereocenters. The quantitative estimate of drug-likeness (QED) is 0.642. The van der Waals surface area contributed by atoms with Crippen LogP contribution in [-0.2, 0) is 22.5 Å². The van der Waals surface area contributed by atoms with Gasteiger partial charge in [-0.15, -0.1) is 0 Å². The van der Waals surface area contributed by atoms with Crippen LogP contribution in [0.3, 0.4) is 0 Å². The number of fused-ring (bicyclic) bond motifs is 5. The third-order valence-electron chi connectivity index (χ3n) is 6.97. The highest BCUT2D eigenvalue weighted by Gasteiger charge is 2.39. The van der Waals surface area contributed by atoms with E-state index in [1.54, 1.807) is 13.2 Å². The van der Waals surface area contributed by atoms with E-state index in [0.29, 0.717) is 31.7 Å². The fourth-order valence-electron chi connectivity index (χ4n) is 5.07. The predicted molar refractivity (Wildman–Crippen MR) is 126 cm³/mol. The van der Waals surface area contributed by atoms with Gasteiger partial charge in [0.2, 0.25) is 11.8 Å². The molecule has 3 N–H and O–H groups in total. The summed E-state index contributed by atoms with van der Waals surface area (Å²) in [6.07, 6.45) is 2.23. The standard InChI is InChI=1S/C26H29N3O4/c1-26(25(31)28-19-7-9-33-10-8-19)14-18-11-20(32-2)5-6-21(18)23-12-16-3-4-17(24(27)30)13-22(16)29(23)15-26/h3-6,11-13,19H,7-10,14-15H2,1-2H3,(H2,27,30)(H,28,31). The largest absolute Gasteiger partial charge is 0.497 e. The van der Waals surface area contributed by atoms with Crippen LogP contribution in [0.25, 0.3) is 22.2 Å². The topological polar surface area (TPSA) is 95.6 Å². The van der Waals surface area contributed by atoms with Crippen LogP contribution in [0.4, 0.5) is 0 Å². The van der Waals surface area contributed by atoms with Crippen LogP contribution in [0.15, 0.2) is 42.5 Å². The summed E-state index contributed by atoms with van der Waals surface area (Å²) < 4.78 is 13.1. The Hall–Kier alpha value is -3.32. The molecule has 172 valence electrons. The molecule has 2 amide bonds. The van der Waals surface area contributed by atoms with Gasteiger partial charge in [-0.1, -0.05) is 6.07 Å². The maximum Gasteiger partial charge on any atom is 0.248 e. The number of carbonyl (C=O) groups excluding carboxylic acids is 2. The molecule has 33 heavy (non-hydrogen) atoms. The van der Waals surface area contributed by atoms with Crippen molar-refractivity contribution in [2.75, 3.05) is 20.3 Å². The number of methoxy groups -OCH3 is 1. The Morgan fingerprint density at radius 3 is 2.67 bits per heavy atom. The summed E-state index contributed by atoms with van der Waals surface area (Å²) >= 11 is 0. The number of carbonyl (C=O) groups is 2. The van der Waals surface area contributed by atoms with Crippen molar-refractivity contribution in [3.05, 3.63) is 53.6 Å². The van der Waals surface area contributed by atoms with Crippen molar-refractivity contribution >= 4 is 22.7 Å². The lowest BCUT2D eigenvalue weighted by Gasteiger charge is -2.32. The van der Waals surface area contributed by atoms with Gasteiger partial charge < -0.3 is 25.1 Å². The lowest BCUT2D eigenvalue weighted by atomic mass is 9.81. The lowest BCUT2D eigenvalue weighted by Crippen LogP contribution is -2.48. The average molecular weight is 448 g/mol. The third-order valence-corrected chi connectivity index (χ3v) is 6.97. The lowest BCUT2D eigenvalue weighted by molar-refractivity contribution is -0.132. The number of primary amides is 1. The molecule has 3 heterocycles. The van der Waals surface area contributed by atoms with Crippen molar-refractivity contribution in [1.29, 1.82) is 0 Å². The summed E-state index contributed by atoms with van der Waals surface area (Å²) in [6.45, 7) is 3.85. The molecule has 0 bridgehead atoms. The Morgan fingerprint density at radius 1 is 1.15 bits per heavy atom. The van der Waals surface area contributed by atoms with E-state index in [1.165, 1.54) is 0 Å². The van der Waals surface area contributed by atoms with Crippen LogP contribution < -0.4 is 15.8 Å². The van der Waals surface area contributed by atoms with Gasteiger partial charge in [-0.3, -0.25) is 9.59 Å². The second kappa shape index (κ2) is 8.23. The molecule has 7 nitrogen and oxygen atoms in total. The molecule has 3 aromatic rings. The molecule has 1 fully saturated rings. The van der Waals surface area contributed by atoms with Gasteiger partial charge >= 0.3 is 0 Å². The van der Waals surface area contributed by atoms with E-state index in [4.69, 9.17) is 15.2 Å². The summed E-state index contributed by atoms with van der Waals surface area (Å²) in [5.41, 5.74) is 9.37. The second-order valence-electron chi connectivity index (χ2n) is 9.37. The first-order valence-corrected chi connectivity index (χ1v) is 11.4. The molecule has 0 aliphatic carbocycles. The van der Waals surface area contributed by atoms with Crippen molar-refractivity contribution < 1.29 is 19.1 Å². The summed E-state index contributed by atoms with van der Waals surface area (Å²) in [5, 5.41) is 4.28. The maximum atomic E-state index is 13.7. The number of nitrogens with one attached hydrogen (secondary N) is 1. The van der Waals surface area contributed by atoms with E-state index >= 15 is 0 Å². The molecular formula is C26H29N3O4. The zero-order valence-electron chi connectivity index (χ0n) is 19.0. The molecule has 0 spiro atoms. The van der Waals surface area contributed by atoms with Crippen molar-refractivity contribution in [1.82, 2.24) is 9.88 Å². The highest BCUT2D eigenvalue weighted by atomic mass is 16.5. The van der Waals surface area contributed by atoms with Crippen molar-refractivity contribution in [2.24, 2.45) is 11.1 Å². The van der Waals surface area contributed by atoms with Gasteiger partial charge in [-0.2, -0.15) is 0 Å². The number of rotatable bonds is 4. The third kappa shape index (κ3) is 3.86. The fourth-order valence-corrected chi connectivity index (χ4v) is 5.07. The first-order valence-electron chi connectivity index (χ1n) is 11.4. The van der Waals surface area contributed by atoms with Crippen LogP contribution in [0, 0.1) is 5.41 Å². The smallest absolute Gasteiger partial charge is 0.248 e. The molecule has 5 rings (SSSR count). The minimum atomic E-state index is -0.695. The summed E-state index contributed by atoms with van der Waals surface area (Å²) in [6, 6.07) is 13.8. The molecule has 2 aromatic carbocycles. The minimum absolute atomic E-state index is 0.0314. The second-order valence-corrected chi connectivity index (χ2v) is 9.37. The fraction of sp³-hybridized carbons (Fsp3) is 0.385. The number of aromatic nitrogens is 1. The summed E-state index contributed by atoms with van der Waals surface area (Å²) in [7, 11) is 1.65. The van der Waals surface area contributed by atoms with E-state index in [1.807, 2.05) is 31.2 Å². The van der Waals surface area contributed by atoms with Crippen molar-refractivity contribution in [2.45, 2.75) is 38.8 Å². The van der Waals surface area contributed by atoms with Gasteiger partial charge in [0.1, 0.15) is 5.75 Å². The van der Waals surface area contributed by atoms with Crippen LogP contribution in [-0.4, -0.2) is 42.7 Å². The maximum absolute atomic E-state index is 13.7. The van der Waals surface area contributed by atoms with E-state index in [0.717, 1.165) is 46.3 Å². The number of hydrogen-bond donors (Lipinski definition) is 2. The van der Waals surface area contributed by atoms with Gasteiger partial charge in [0, 0.05) is 53.5 Å². The van der Waals surface area contributed by atoms with Crippen molar-refractivity contribution in [3.63, 3.8) is 0 Å². The number of nitrogens with two attached hydrogens (primary N) is 1. The Kier molecular flexibility index (Phi) is 5.37. The highest BCUT2D eigenvalue weighted by molar-refractivity contribution is 5.98. The minimum Gasteiger partial charge on any atom is -0.497 e. The Balaban J connectivity index is 1.64. The van der Waals surface area contributed by atoms with E-state index < -0.39 is 11.3 Å². The molecule has 0 radical (unpaired) electrons. The van der Waals surface area contributed by atoms with Gasteiger partial charge in [-0.25, -0.2) is 0 Å². The normalized spacial score (nSPS) is 20.5. The molecular weight excluding hydrogens is 418 g/mol. The van der Waals surface area contributed by atoms with Crippen LogP contribution in [0.1, 0.15) is 35.7 Å². The van der Waals surface area contributed by atoms with Crippen LogP contribution in [0.2, 0.25) is 0 Å². The Morgan fingerprint density at radius 2 is 1.94 bits per heavy atom. The molecule has 7 heteroatoms. The van der Waals surface area contributed by atoms with E-state index in [2.05, 4.69) is 22.0 Å². The van der Waals surface area contributed by atoms with E-state index in [9.17, 15) is 9.59 Å². The van der Waals surface area contributed by atoms with Gasteiger partial charge in [-0.05, 0) is 68.1 Å².